The van der Waals surface area contributed by atoms with Crippen molar-refractivity contribution in [2.75, 3.05) is 0 Å². The summed E-state index contributed by atoms with van der Waals surface area (Å²) in [5.74, 6) is 0. The summed E-state index contributed by atoms with van der Waals surface area (Å²) in [6.07, 6.45) is 5.56. The van der Waals surface area contributed by atoms with Crippen molar-refractivity contribution >= 4 is 0 Å². The summed E-state index contributed by atoms with van der Waals surface area (Å²) >= 11 is 0. The number of ether oxygens (including phenoxy) is 1. The van der Waals surface area contributed by atoms with Crippen molar-refractivity contribution in [2.45, 2.75) is 37.9 Å². The van der Waals surface area contributed by atoms with Crippen LogP contribution in [0.15, 0.2) is 60.7 Å². The maximum atomic E-state index is 5.76. The predicted molar refractivity (Wildman–Crippen MR) is 78.2 cm³/mol. The Morgan fingerprint density at radius 1 is 0.632 bits per heavy atom. The molecule has 2 aromatic carbocycles. The highest BCUT2D eigenvalue weighted by atomic mass is 16.6. The zero-order valence-electron chi connectivity index (χ0n) is 11.2. The first-order valence-electron chi connectivity index (χ1n) is 7.15. The molecule has 0 spiro atoms. The fourth-order valence-electron chi connectivity index (χ4n) is 2.59. The van der Waals surface area contributed by atoms with Gasteiger partial charge in [-0.15, -0.1) is 0 Å². The van der Waals surface area contributed by atoms with Gasteiger partial charge >= 0.3 is 0 Å². The molecule has 1 fully saturated rings. The first kappa shape index (κ1) is 12.4. The van der Waals surface area contributed by atoms with Crippen LogP contribution in [0.25, 0.3) is 0 Å². The third-order valence-electron chi connectivity index (χ3n) is 3.81. The first-order chi connectivity index (χ1) is 9.42. The zero-order chi connectivity index (χ0) is 12.9. The van der Waals surface area contributed by atoms with Crippen LogP contribution in [0.2, 0.25) is 0 Å². The van der Waals surface area contributed by atoms with E-state index in [1.54, 1.807) is 0 Å². The second-order valence-corrected chi connectivity index (χ2v) is 5.26. The molecule has 19 heavy (non-hydrogen) atoms. The van der Waals surface area contributed by atoms with E-state index < -0.39 is 0 Å². The van der Waals surface area contributed by atoms with Crippen LogP contribution in [-0.2, 0) is 17.6 Å². The molecule has 1 nitrogen and oxygen atoms in total. The molecule has 1 heterocycles. The van der Waals surface area contributed by atoms with Crippen LogP contribution < -0.4 is 0 Å². The molecular formula is C18H20O. The maximum Gasteiger partial charge on any atom is 0.0845 e. The van der Waals surface area contributed by atoms with Gasteiger partial charge in [-0.2, -0.15) is 0 Å². The smallest absolute Gasteiger partial charge is 0.0845 e. The molecule has 1 heteroatoms. The van der Waals surface area contributed by atoms with E-state index in [9.17, 15) is 0 Å². The topological polar surface area (TPSA) is 12.5 Å². The Labute approximate surface area is 115 Å². The molecule has 2 atom stereocenters. The molecule has 0 bridgehead atoms. The molecule has 0 aliphatic carbocycles. The van der Waals surface area contributed by atoms with Crippen LogP contribution in [-0.4, -0.2) is 12.2 Å². The highest BCUT2D eigenvalue weighted by molar-refractivity contribution is 5.16. The van der Waals surface area contributed by atoms with E-state index >= 15 is 0 Å². The molecule has 0 N–H and O–H groups in total. The molecule has 0 aromatic heterocycles. The van der Waals surface area contributed by atoms with Gasteiger partial charge in [0.15, 0.2) is 0 Å². The standard InChI is InChI=1S/C18H20O/c1-3-7-15(8-4-1)11-13-17-18(19-17)14-12-16-9-5-2-6-10-16/h1-10,17-18H,11-14H2/t17-,18+. The van der Waals surface area contributed by atoms with Crippen molar-refractivity contribution in [1.29, 1.82) is 0 Å². The summed E-state index contributed by atoms with van der Waals surface area (Å²) in [7, 11) is 0. The summed E-state index contributed by atoms with van der Waals surface area (Å²) in [5.41, 5.74) is 2.83. The van der Waals surface area contributed by atoms with Crippen LogP contribution in [0.5, 0.6) is 0 Å². The Morgan fingerprint density at radius 3 is 1.47 bits per heavy atom. The molecule has 0 radical (unpaired) electrons. The number of benzene rings is 2. The van der Waals surface area contributed by atoms with E-state index in [2.05, 4.69) is 60.7 Å². The van der Waals surface area contributed by atoms with Gasteiger partial charge in [-0.1, -0.05) is 60.7 Å². The fourth-order valence-corrected chi connectivity index (χ4v) is 2.59. The van der Waals surface area contributed by atoms with Crippen LogP contribution >= 0.6 is 0 Å². The molecular weight excluding hydrogens is 232 g/mol. The number of aryl methyl sites for hydroxylation is 2. The molecule has 0 amide bonds. The maximum absolute atomic E-state index is 5.76. The monoisotopic (exact) mass is 252 g/mol. The van der Waals surface area contributed by atoms with Crippen molar-refractivity contribution in [2.24, 2.45) is 0 Å². The molecule has 0 saturated carbocycles. The van der Waals surface area contributed by atoms with E-state index in [1.165, 1.54) is 11.1 Å². The fraction of sp³-hybridized carbons (Fsp3) is 0.333. The normalized spacial score (nSPS) is 21.3. The van der Waals surface area contributed by atoms with Gasteiger partial charge in [0.25, 0.3) is 0 Å². The van der Waals surface area contributed by atoms with Gasteiger partial charge in [-0.25, -0.2) is 0 Å². The Morgan fingerprint density at radius 2 is 1.05 bits per heavy atom. The van der Waals surface area contributed by atoms with E-state index in [1.807, 2.05) is 0 Å². The third-order valence-corrected chi connectivity index (χ3v) is 3.81. The Kier molecular flexibility index (Phi) is 3.95. The lowest BCUT2D eigenvalue weighted by Crippen LogP contribution is -1.98. The van der Waals surface area contributed by atoms with Gasteiger partial charge < -0.3 is 4.74 Å². The molecule has 1 aliphatic heterocycles. The van der Waals surface area contributed by atoms with Crippen molar-refractivity contribution in [3.63, 3.8) is 0 Å². The van der Waals surface area contributed by atoms with E-state index in [4.69, 9.17) is 4.74 Å². The number of epoxide rings is 1. The second kappa shape index (κ2) is 6.03. The minimum atomic E-state index is 0.490. The third kappa shape index (κ3) is 3.68. The highest BCUT2D eigenvalue weighted by Gasteiger charge is 2.37. The van der Waals surface area contributed by atoms with Crippen LogP contribution in [0, 0.1) is 0 Å². The number of hydrogen-bond acceptors (Lipinski definition) is 1. The lowest BCUT2D eigenvalue weighted by atomic mass is 10.0. The average Bonchev–Trinajstić information content (AvgIpc) is 3.24. The minimum absolute atomic E-state index is 0.490. The van der Waals surface area contributed by atoms with Gasteiger partial charge in [0, 0.05) is 0 Å². The minimum Gasteiger partial charge on any atom is -0.370 e. The summed E-state index contributed by atoms with van der Waals surface area (Å²) in [4.78, 5) is 0. The van der Waals surface area contributed by atoms with E-state index in [0.29, 0.717) is 12.2 Å². The van der Waals surface area contributed by atoms with Crippen molar-refractivity contribution in [3.8, 4) is 0 Å². The number of hydrogen-bond donors (Lipinski definition) is 0. The Balaban J connectivity index is 1.38. The Hall–Kier alpha value is -1.60. The zero-order valence-corrected chi connectivity index (χ0v) is 11.2. The van der Waals surface area contributed by atoms with Crippen molar-refractivity contribution in [1.82, 2.24) is 0 Å². The SMILES string of the molecule is c1ccc(CC[C@@H]2O[C@@H]2CCc2ccccc2)cc1. The predicted octanol–water partition coefficient (Wildman–Crippen LogP) is 4.02. The van der Waals surface area contributed by atoms with Gasteiger partial charge in [-0.3, -0.25) is 0 Å². The van der Waals surface area contributed by atoms with Gasteiger partial charge in [0.05, 0.1) is 12.2 Å². The highest BCUT2D eigenvalue weighted by Crippen LogP contribution is 2.30. The summed E-state index contributed by atoms with van der Waals surface area (Å²) in [6.45, 7) is 0. The van der Waals surface area contributed by atoms with Crippen LogP contribution in [0.3, 0.4) is 0 Å². The summed E-state index contributed by atoms with van der Waals surface area (Å²) < 4.78 is 5.76. The molecule has 0 unspecified atom stereocenters. The molecule has 1 saturated heterocycles. The van der Waals surface area contributed by atoms with E-state index in [0.717, 1.165) is 25.7 Å². The molecule has 2 aromatic rings. The average molecular weight is 252 g/mol. The van der Waals surface area contributed by atoms with Gasteiger partial charge in [0.2, 0.25) is 0 Å². The van der Waals surface area contributed by atoms with E-state index in [-0.39, 0.29) is 0 Å². The quantitative estimate of drug-likeness (QED) is 0.707. The van der Waals surface area contributed by atoms with Crippen LogP contribution in [0.1, 0.15) is 24.0 Å². The second-order valence-electron chi connectivity index (χ2n) is 5.26. The van der Waals surface area contributed by atoms with Crippen LogP contribution in [0.4, 0.5) is 0 Å². The summed E-state index contributed by atoms with van der Waals surface area (Å²) in [6, 6.07) is 21.4. The van der Waals surface area contributed by atoms with Gasteiger partial charge in [0.1, 0.15) is 0 Å². The van der Waals surface area contributed by atoms with Gasteiger partial charge in [-0.05, 0) is 36.8 Å². The molecule has 1 aliphatic rings. The lowest BCUT2D eigenvalue weighted by Gasteiger charge is -1.99. The molecule has 98 valence electrons. The van der Waals surface area contributed by atoms with Crippen molar-refractivity contribution in [3.05, 3.63) is 71.8 Å². The summed E-state index contributed by atoms with van der Waals surface area (Å²) in [5, 5.41) is 0. The largest absolute Gasteiger partial charge is 0.370 e. The first-order valence-corrected chi connectivity index (χ1v) is 7.15. The molecule has 3 rings (SSSR count). The van der Waals surface area contributed by atoms with Crippen molar-refractivity contribution < 1.29 is 4.74 Å². The lowest BCUT2D eigenvalue weighted by molar-refractivity contribution is 0.356. The Bertz CT molecular complexity index is 444. The number of rotatable bonds is 6.